The van der Waals surface area contributed by atoms with Crippen LogP contribution in [0.1, 0.15) is 21.8 Å². The number of halogens is 7. The molecule has 5 rings (SSSR count). The van der Waals surface area contributed by atoms with Crippen molar-refractivity contribution in [2.24, 2.45) is 0 Å². The molecule has 3 aromatic carbocycles. The first-order valence-corrected chi connectivity index (χ1v) is 11.9. The van der Waals surface area contributed by atoms with Crippen LogP contribution in [0.25, 0.3) is 21.3 Å². The number of aryl methyl sites for hydroxylation is 1. The fourth-order valence-corrected chi connectivity index (χ4v) is 4.50. The van der Waals surface area contributed by atoms with Gasteiger partial charge in [0.1, 0.15) is 23.1 Å². The predicted molar refractivity (Wildman–Crippen MR) is 131 cm³/mol. The maximum absolute atomic E-state index is 14.9. The highest BCUT2D eigenvalue weighted by atomic mass is 32.1. The lowest BCUT2D eigenvalue weighted by atomic mass is 10.0. The summed E-state index contributed by atoms with van der Waals surface area (Å²) in [6.07, 6.45) is -2.54. The van der Waals surface area contributed by atoms with E-state index in [1.54, 1.807) is 18.3 Å². The van der Waals surface area contributed by atoms with E-state index >= 15 is 0 Å². The Hall–Kier alpha value is -4.43. The number of alkyl halides is 2. The molecule has 0 fully saturated rings. The largest absolute Gasteiger partial charge is 0.454 e. The van der Waals surface area contributed by atoms with Crippen LogP contribution in [0, 0.1) is 47.9 Å². The first-order chi connectivity index (χ1) is 18.5. The number of thiazole rings is 1. The molecule has 5 aromatic rings. The Kier molecular flexibility index (Phi) is 6.74. The third-order valence-corrected chi connectivity index (χ3v) is 6.49. The van der Waals surface area contributed by atoms with Gasteiger partial charge in [0.05, 0.1) is 15.8 Å². The van der Waals surface area contributed by atoms with Crippen molar-refractivity contribution in [3.05, 3.63) is 112 Å². The SMILES string of the molecule is Cc1ccc(C#Cc2cc(F)c(-c3ccc4nc(C(F)(F)Oc5cc(F)c(F)c(F)c5)sc4c3)c(F)c2)nc1. The molecule has 0 unspecified atom stereocenters. The number of aromatic nitrogens is 2. The predicted octanol–water partition coefficient (Wildman–Crippen LogP) is 7.89. The molecular formula is C28H13F7N2OS. The molecule has 39 heavy (non-hydrogen) atoms. The number of benzene rings is 3. The molecular weight excluding hydrogens is 545 g/mol. The molecule has 0 amide bonds. The third-order valence-electron chi connectivity index (χ3n) is 5.42. The number of pyridine rings is 1. The summed E-state index contributed by atoms with van der Waals surface area (Å²) in [6.45, 7) is 1.86. The lowest BCUT2D eigenvalue weighted by Gasteiger charge is -2.15. The van der Waals surface area contributed by atoms with E-state index in [9.17, 15) is 30.7 Å². The second-order valence-electron chi connectivity index (χ2n) is 8.31. The molecule has 0 aliphatic carbocycles. The summed E-state index contributed by atoms with van der Waals surface area (Å²) in [4.78, 5) is 7.87. The van der Waals surface area contributed by atoms with Gasteiger partial charge in [0.2, 0.25) is 5.01 Å². The molecule has 0 atom stereocenters. The van der Waals surface area contributed by atoms with Gasteiger partial charge < -0.3 is 4.74 Å². The molecule has 0 saturated heterocycles. The van der Waals surface area contributed by atoms with Gasteiger partial charge in [-0.25, -0.2) is 31.9 Å². The first-order valence-electron chi connectivity index (χ1n) is 11.1. The first kappa shape index (κ1) is 26.2. The fraction of sp³-hybridized carbons (Fsp3) is 0.0714. The van der Waals surface area contributed by atoms with E-state index in [-0.39, 0.29) is 33.5 Å². The van der Waals surface area contributed by atoms with Crippen LogP contribution < -0.4 is 4.74 Å². The van der Waals surface area contributed by atoms with Crippen molar-refractivity contribution in [1.29, 1.82) is 0 Å². The summed E-state index contributed by atoms with van der Waals surface area (Å²) in [7, 11) is 0. The van der Waals surface area contributed by atoms with Crippen LogP contribution in [0.4, 0.5) is 30.7 Å². The molecule has 3 nitrogen and oxygen atoms in total. The quantitative estimate of drug-likeness (QED) is 0.128. The van der Waals surface area contributed by atoms with Crippen molar-refractivity contribution >= 4 is 21.6 Å². The van der Waals surface area contributed by atoms with Crippen LogP contribution in [0.5, 0.6) is 5.75 Å². The molecule has 0 aliphatic heterocycles. The zero-order valence-electron chi connectivity index (χ0n) is 19.6. The Balaban J connectivity index is 1.44. The number of rotatable bonds is 4. The topological polar surface area (TPSA) is 35.0 Å². The third kappa shape index (κ3) is 5.42. The second kappa shape index (κ2) is 10.0. The Morgan fingerprint density at radius 1 is 0.821 bits per heavy atom. The summed E-state index contributed by atoms with van der Waals surface area (Å²) in [5.41, 5.74) is 1.15. The van der Waals surface area contributed by atoms with Crippen molar-refractivity contribution < 1.29 is 35.5 Å². The van der Waals surface area contributed by atoms with E-state index in [4.69, 9.17) is 0 Å². The minimum Gasteiger partial charge on any atom is -0.427 e. The standard InChI is InChI=1S/C28H13F7N2OS/c1-14-2-5-17(36-13-14)6-3-15-8-19(29)25(20(30)9-15)16-4-7-23-24(10-16)39-27(37-23)28(34,35)38-18-11-21(31)26(33)22(32)12-18/h2,4-5,7-13H,1H3. The van der Waals surface area contributed by atoms with E-state index in [1.165, 1.54) is 18.2 Å². The van der Waals surface area contributed by atoms with Crippen molar-refractivity contribution in [3.8, 4) is 28.7 Å². The molecule has 0 aliphatic rings. The summed E-state index contributed by atoms with van der Waals surface area (Å²) >= 11 is 0.444. The van der Waals surface area contributed by atoms with E-state index in [1.807, 2.05) is 6.92 Å². The number of hydrogen-bond donors (Lipinski definition) is 0. The minimum atomic E-state index is -4.15. The maximum Gasteiger partial charge on any atom is 0.454 e. The molecule has 0 bridgehead atoms. The monoisotopic (exact) mass is 558 g/mol. The number of hydrogen-bond acceptors (Lipinski definition) is 4. The summed E-state index contributed by atoms with van der Waals surface area (Å²) in [6, 6.07) is 9.97. The minimum absolute atomic E-state index is 0.0549. The summed E-state index contributed by atoms with van der Waals surface area (Å²) in [5.74, 6) is -2.66. The van der Waals surface area contributed by atoms with Gasteiger partial charge in [-0.1, -0.05) is 18.1 Å². The van der Waals surface area contributed by atoms with Crippen LogP contribution >= 0.6 is 11.3 Å². The molecule has 11 heteroatoms. The highest BCUT2D eigenvalue weighted by molar-refractivity contribution is 7.18. The van der Waals surface area contributed by atoms with Gasteiger partial charge in [-0.3, -0.25) is 0 Å². The second-order valence-corrected chi connectivity index (χ2v) is 9.34. The molecule has 0 spiro atoms. The van der Waals surface area contributed by atoms with Crippen LogP contribution in [0.3, 0.4) is 0 Å². The summed E-state index contributed by atoms with van der Waals surface area (Å²) in [5, 5.41) is -0.893. The number of fused-ring (bicyclic) bond motifs is 1. The zero-order chi connectivity index (χ0) is 27.9. The van der Waals surface area contributed by atoms with Crippen molar-refractivity contribution in [3.63, 3.8) is 0 Å². The van der Waals surface area contributed by atoms with Crippen molar-refractivity contribution in [2.45, 2.75) is 13.0 Å². The van der Waals surface area contributed by atoms with Gasteiger partial charge in [0, 0.05) is 23.9 Å². The van der Waals surface area contributed by atoms with Gasteiger partial charge >= 0.3 is 6.11 Å². The molecule has 196 valence electrons. The molecule has 2 aromatic heterocycles. The van der Waals surface area contributed by atoms with E-state index in [2.05, 4.69) is 26.5 Å². The Morgan fingerprint density at radius 2 is 1.51 bits per heavy atom. The average molecular weight is 558 g/mol. The summed E-state index contributed by atoms with van der Waals surface area (Å²) < 4.78 is 104. The molecule has 2 heterocycles. The molecule has 0 N–H and O–H groups in total. The van der Waals surface area contributed by atoms with Crippen LogP contribution in [0.15, 0.2) is 60.8 Å². The number of ether oxygens (including phenoxy) is 1. The van der Waals surface area contributed by atoms with Gasteiger partial charge in [0.15, 0.2) is 17.5 Å². The Morgan fingerprint density at radius 3 is 2.15 bits per heavy atom. The van der Waals surface area contributed by atoms with Crippen LogP contribution in [-0.4, -0.2) is 9.97 Å². The fourth-order valence-electron chi connectivity index (χ4n) is 3.59. The van der Waals surface area contributed by atoms with E-state index in [0.29, 0.717) is 17.0 Å². The highest BCUT2D eigenvalue weighted by Gasteiger charge is 2.39. The number of nitrogens with zero attached hydrogens (tertiary/aromatic N) is 2. The Labute approximate surface area is 220 Å². The van der Waals surface area contributed by atoms with Gasteiger partial charge in [-0.15, -0.1) is 11.3 Å². The maximum atomic E-state index is 14.9. The van der Waals surface area contributed by atoms with Gasteiger partial charge in [0.25, 0.3) is 0 Å². The van der Waals surface area contributed by atoms with Crippen LogP contribution in [-0.2, 0) is 6.11 Å². The normalized spacial score (nSPS) is 11.4. The van der Waals surface area contributed by atoms with Crippen LogP contribution in [0.2, 0.25) is 0 Å². The lowest BCUT2D eigenvalue weighted by molar-refractivity contribution is -0.185. The smallest absolute Gasteiger partial charge is 0.427 e. The zero-order valence-corrected chi connectivity index (χ0v) is 20.4. The lowest BCUT2D eigenvalue weighted by Crippen LogP contribution is -2.21. The van der Waals surface area contributed by atoms with Crippen molar-refractivity contribution in [1.82, 2.24) is 9.97 Å². The van der Waals surface area contributed by atoms with Gasteiger partial charge in [-0.2, -0.15) is 8.78 Å². The van der Waals surface area contributed by atoms with E-state index < -0.39 is 51.5 Å². The highest BCUT2D eigenvalue weighted by Crippen LogP contribution is 2.39. The Bertz CT molecular complexity index is 1740. The molecule has 0 saturated carbocycles. The van der Waals surface area contributed by atoms with E-state index in [0.717, 1.165) is 17.7 Å². The molecule has 0 radical (unpaired) electrons. The van der Waals surface area contributed by atoms with Crippen molar-refractivity contribution in [2.75, 3.05) is 0 Å². The van der Waals surface area contributed by atoms with Gasteiger partial charge in [-0.05, 0) is 54.3 Å². The average Bonchev–Trinajstić information content (AvgIpc) is 3.31.